The summed E-state index contributed by atoms with van der Waals surface area (Å²) in [5, 5.41) is 1.07. The molecule has 2 saturated heterocycles. The van der Waals surface area contributed by atoms with E-state index >= 15 is 0 Å². The zero-order valence-corrected chi connectivity index (χ0v) is 23.9. The van der Waals surface area contributed by atoms with E-state index in [0.29, 0.717) is 60.6 Å². The molecule has 1 aromatic heterocycles. The van der Waals surface area contributed by atoms with E-state index in [0.717, 1.165) is 29.9 Å². The van der Waals surface area contributed by atoms with Crippen LogP contribution in [-0.2, 0) is 19.6 Å². The Labute approximate surface area is 236 Å². The van der Waals surface area contributed by atoms with Gasteiger partial charge in [-0.1, -0.05) is 22.9 Å². The first-order valence-corrected chi connectivity index (χ1v) is 15.4. The molecule has 0 unspecified atom stereocenters. The van der Waals surface area contributed by atoms with Crippen LogP contribution in [0.25, 0.3) is 10.2 Å². The van der Waals surface area contributed by atoms with Gasteiger partial charge in [-0.05, 0) is 49.2 Å². The summed E-state index contributed by atoms with van der Waals surface area (Å²) in [5.41, 5.74) is 0.606. The molecule has 0 aliphatic carbocycles. The number of benzene rings is 2. The van der Waals surface area contributed by atoms with E-state index in [4.69, 9.17) is 26.1 Å². The predicted molar refractivity (Wildman–Crippen MR) is 149 cm³/mol. The fourth-order valence-corrected chi connectivity index (χ4v) is 7.66. The number of nitrogens with zero attached hydrogens (tertiary/aromatic N) is 4. The summed E-state index contributed by atoms with van der Waals surface area (Å²) in [4.78, 5) is 22.7. The Morgan fingerprint density at radius 3 is 2.51 bits per heavy atom. The minimum Gasteiger partial charge on any atom is -0.494 e. The van der Waals surface area contributed by atoms with E-state index in [2.05, 4.69) is 4.90 Å². The van der Waals surface area contributed by atoms with Gasteiger partial charge in [-0.25, -0.2) is 17.8 Å². The number of halogens is 2. The van der Waals surface area contributed by atoms with Gasteiger partial charge in [-0.15, -0.1) is 0 Å². The fourth-order valence-electron chi connectivity index (χ4n) is 4.91. The van der Waals surface area contributed by atoms with Crippen molar-refractivity contribution in [2.24, 2.45) is 5.92 Å². The van der Waals surface area contributed by atoms with Crippen molar-refractivity contribution in [1.82, 2.24) is 14.2 Å². The maximum atomic E-state index is 13.9. The quantitative estimate of drug-likeness (QED) is 0.390. The van der Waals surface area contributed by atoms with Gasteiger partial charge in [0.25, 0.3) is 0 Å². The summed E-state index contributed by atoms with van der Waals surface area (Å²) in [7, 11) is -2.20. The first-order valence-electron chi connectivity index (χ1n) is 12.8. The van der Waals surface area contributed by atoms with Crippen LogP contribution < -0.4 is 9.64 Å². The monoisotopic (exact) mass is 596 g/mol. The number of carbonyl (C=O) groups excluding carboxylic acids is 1. The number of fused-ring (bicyclic) bond motifs is 1. The topological polar surface area (TPSA) is 92.3 Å². The van der Waals surface area contributed by atoms with E-state index in [1.54, 1.807) is 24.1 Å². The van der Waals surface area contributed by atoms with Crippen LogP contribution in [-0.4, -0.2) is 88.1 Å². The molecule has 3 heterocycles. The fraction of sp³-hybridized carbons (Fsp3) is 0.462. The number of carbonyl (C=O) groups is 1. The number of hydrogen-bond donors (Lipinski definition) is 0. The molecule has 3 aromatic rings. The van der Waals surface area contributed by atoms with Gasteiger partial charge < -0.3 is 9.47 Å². The standard InChI is InChI=1S/C26H30ClFN4O5S2/c1-36-22-7-6-21(27)24-23(22)29-26(38-24)32(13-12-30-14-16-37-17-15-30)25(33)18-8-10-31(11-9-18)39(34,35)20-4-2-19(28)3-5-20/h2-7,18H,8-17H2,1H3. The summed E-state index contributed by atoms with van der Waals surface area (Å²) >= 11 is 7.80. The lowest BCUT2D eigenvalue weighted by Gasteiger charge is -2.34. The second-order valence-electron chi connectivity index (χ2n) is 9.50. The van der Waals surface area contributed by atoms with Crippen molar-refractivity contribution >= 4 is 54.2 Å². The molecule has 1 amide bonds. The van der Waals surface area contributed by atoms with Crippen molar-refractivity contribution in [3.05, 3.63) is 47.2 Å². The van der Waals surface area contributed by atoms with Crippen LogP contribution in [0.4, 0.5) is 9.52 Å². The number of thiazole rings is 1. The van der Waals surface area contributed by atoms with Crippen LogP contribution in [0.2, 0.25) is 5.02 Å². The second kappa shape index (κ2) is 12.0. The number of aromatic nitrogens is 1. The van der Waals surface area contributed by atoms with Crippen LogP contribution in [0.3, 0.4) is 0 Å². The van der Waals surface area contributed by atoms with E-state index in [-0.39, 0.29) is 29.8 Å². The molecule has 0 saturated carbocycles. The molecule has 210 valence electrons. The van der Waals surface area contributed by atoms with Gasteiger partial charge in [0.05, 0.1) is 34.9 Å². The number of hydrogen-bond acceptors (Lipinski definition) is 8. The summed E-state index contributed by atoms with van der Waals surface area (Å²) in [6.45, 7) is 4.40. The van der Waals surface area contributed by atoms with E-state index in [9.17, 15) is 17.6 Å². The second-order valence-corrected chi connectivity index (χ2v) is 12.8. The number of morpholine rings is 1. The van der Waals surface area contributed by atoms with Crippen LogP contribution in [0.1, 0.15) is 12.8 Å². The van der Waals surface area contributed by atoms with Gasteiger partial charge in [0.15, 0.2) is 5.13 Å². The largest absolute Gasteiger partial charge is 0.494 e. The highest BCUT2D eigenvalue weighted by Gasteiger charge is 2.35. The molecular formula is C26H30ClFN4O5S2. The molecule has 39 heavy (non-hydrogen) atoms. The minimum atomic E-state index is -3.77. The predicted octanol–water partition coefficient (Wildman–Crippen LogP) is 3.86. The number of anilines is 1. The first-order chi connectivity index (χ1) is 18.8. The SMILES string of the molecule is COc1ccc(Cl)c2sc(N(CCN3CCOCC3)C(=O)C3CCN(S(=O)(=O)c4ccc(F)cc4)CC3)nc12. The Bertz CT molecular complexity index is 1420. The molecule has 13 heteroatoms. The van der Waals surface area contributed by atoms with Crippen molar-refractivity contribution in [3.8, 4) is 5.75 Å². The Hall–Kier alpha value is -2.35. The molecule has 9 nitrogen and oxygen atoms in total. The van der Waals surface area contributed by atoms with Gasteiger partial charge in [-0.2, -0.15) is 4.31 Å². The van der Waals surface area contributed by atoms with Crippen LogP contribution in [0.5, 0.6) is 5.75 Å². The van der Waals surface area contributed by atoms with Crippen molar-refractivity contribution in [1.29, 1.82) is 0 Å². The van der Waals surface area contributed by atoms with E-state index in [1.165, 1.54) is 27.8 Å². The Balaban J connectivity index is 1.35. The maximum absolute atomic E-state index is 13.9. The molecule has 2 aliphatic heterocycles. The third-order valence-electron chi connectivity index (χ3n) is 7.16. The molecule has 0 bridgehead atoms. The lowest BCUT2D eigenvalue weighted by Crippen LogP contribution is -2.47. The minimum absolute atomic E-state index is 0.0427. The Kier molecular flexibility index (Phi) is 8.69. The molecule has 2 aliphatic rings. The Morgan fingerprint density at radius 2 is 1.85 bits per heavy atom. The summed E-state index contributed by atoms with van der Waals surface area (Å²) in [6, 6.07) is 8.31. The number of amides is 1. The molecule has 2 fully saturated rings. The molecular weight excluding hydrogens is 567 g/mol. The Morgan fingerprint density at radius 1 is 1.15 bits per heavy atom. The van der Waals surface area contributed by atoms with E-state index in [1.807, 2.05) is 0 Å². The van der Waals surface area contributed by atoms with Crippen molar-refractivity contribution < 1.29 is 27.1 Å². The smallest absolute Gasteiger partial charge is 0.243 e. The average Bonchev–Trinajstić information content (AvgIpc) is 3.40. The molecule has 0 N–H and O–H groups in total. The molecule has 5 rings (SSSR count). The third-order valence-corrected chi connectivity index (χ3v) is 10.6. The van der Waals surface area contributed by atoms with Crippen LogP contribution in [0.15, 0.2) is 41.3 Å². The van der Waals surface area contributed by atoms with Gasteiger partial charge >= 0.3 is 0 Å². The van der Waals surface area contributed by atoms with Crippen molar-refractivity contribution in [3.63, 3.8) is 0 Å². The van der Waals surface area contributed by atoms with Crippen molar-refractivity contribution in [2.75, 3.05) is 64.5 Å². The number of rotatable bonds is 8. The van der Waals surface area contributed by atoms with Gasteiger partial charge in [0, 0.05) is 45.2 Å². The molecule has 2 aromatic carbocycles. The average molecular weight is 597 g/mol. The number of piperidine rings is 1. The number of sulfonamides is 1. The summed E-state index contributed by atoms with van der Waals surface area (Å²) in [6.07, 6.45) is 0.755. The molecule has 0 spiro atoms. The highest BCUT2D eigenvalue weighted by atomic mass is 35.5. The van der Waals surface area contributed by atoms with Crippen molar-refractivity contribution in [2.45, 2.75) is 17.7 Å². The molecule has 0 radical (unpaired) electrons. The summed E-state index contributed by atoms with van der Waals surface area (Å²) in [5.74, 6) is -0.365. The zero-order chi connectivity index (χ0) is 27.6. The lowest BCUT2D eigenvalue weighted by molar-refractivity contribution is -0.123. The summed E-state index contributed by atoms with van der Waals surface area (Å²) < 4.78 is 52.5. The molecule has 0 atom stereocenters. The van der Waals surface area contributed by atoms with Gasteiger partial charge in [-0.3, -0.25) is 14.6 Å². The maximum Gasteiger partial charge on any atom is 0.243 e. The normalized spacial score (nSPS) is 17.9. The highest BCUT2D eigenvalue weighted by Crippen LogP contribution is 2.39. The van der Waals surface area contributed by atoms with Gasteiger partial charge in [0.1, 0.15) is 17.1 Å². The highest BCUT2D eigenvalue weighted by molar-refractivity contribution is 7.89. The van der Waals surface area contributed by atoms with Crippen LogP contribution >= 0.6 is 22.9 Å². The van der Waals surface area contributed by atoms with Gasteiger partial charge in [0.2, 0.25) is 15.9 Å². The van der Waals surface area contributed by atoms with Crippen LogP contribution in [0, 0.1) is 11.7 Å². The number of methoxy groups -OCH3 is 1. The van der Waals surface area contributed by atoms with E-state index < -0.39 is 15.8 Å². The first kappa shape index (κ1) is 28.2. The zero-order valence-electron chi connectivity index (χ0n) is 21.5. The lowest BCUT2D eigenvalue weighted by atomic mass is 9.96. The third kappa shape index (κ3) is 6.06. The number of ether oxygens (including phenoxy) is 2.